The summed E-state index contributed by atoms with van der Waals surface area (Å²) in [6.07, 6.45) is 0. The zero-order chi connectivity index (χ0) is 13.9. The Bertz CT molecular complexity index is 764. The fourth-order valence-corrected chi connectivity index (χ4v) is 1.93. The van der Waals surface area contributed by atoms with Crippen LogP contribution in [0.3, 0.4) is 0 Å². The van der Waals surface area contributed by atoms with Crippen LogP contribution in [0.15, 0.2) is 42.5 Å². The molecular formula is C14H10ClN3O2. The number of ether oxygens (including phenoxy) is 2. The Hall–Kier alpha value is -2.40. The van der Waals surface area contributed by atoms with Gasteiger partial charge in [0.1, 0.15) is 5.75 Å². The van der Waals surface area contributed by atoms with Gasteiger partial charge >= 0.3 is 12.0 Å². The lowest BCUT2D eigenvalue weighted by Gasteiger charge is -2.06. The van der Waals surface area contributed by atoms with Crippen LogP contribution < -0.4 is 9.47 Å². The van der Waals surface area contributed by atoms with E-state index in [-0.39, 0.29) is 17.3 Å². The first-order chi connectivity index (χ1) is 9.74. The first-order valence-corrected chi connectivity index (χ1v) is 6.24. The minimum Gasteiger partial charge on any atom is -0.467 e. The molecule has 1 aromatic heterocycles. The van der Waals surface area contributed by atoms with E-state index in [1.807, 2.05) is 42.5 Å². The fourth-order valence-electron chi connectivity index (χ4n) is 1.79. The van der Waals surface area contributed by atoms with Crippen molar-refractivity contribution in [3.8, 4) is 17.8 Å². The molecule has 0 aliphatic rings. The van der Waals surface area contributed by atoms with E-state index in [1.54, 1.807) is 0 Å². The smallest absolute Gasteiger partial charge is 0.329 e. The molecule has 100 valence electrons. The molecule has 1 heterocycles. The highest BCUT2D eigenvalue weighted by Gasteiger charge is 2.07. The maximum absolute atomic E-state index is 5.77. The molecule has 0 bridgehead atoms. The van der Waals surface area contributed by atoms with Crippen molar-refractivity contribution >= 4 is 22.4 Å². The molecule has 0 saturated carbocycles. The number of aromatic nitrogens is 3. The second kappa shape index (κ2) is 5.30. The highest BCUT2D eigenvalue weighted by Crippen LogP contribution is 2.24. The lowest BCUT2D eigenvalue weighted by molar-refractivity contribution is 0.359. The summed E-state index contributed by atoms with van der Waals surface area (Å²) < 4.78 is 10.5. The Morgan fingerprint density at radius 1 is 0.900 bits per heavy atom. The molecule has 0 atom stereocenters. The van der Waals surface area contributed by atoms with Gasteiger partial charge in [0, 0.05) is 0 Å². The zero-order valence-electron chi connectivity index (χ0n) is 10.6. The molecular weight excluding hydrogens is 278 g/mol. The maximum Gasteiger partial charge on any atom is 0.329 e. The van der Waals surface area contributed by atoms with Crippen LogP contribution in [0.4, 0.5) is 0 Å². The molecule has 6 heteroatoms. The van der Waals surface area contributed by atoms with Crippen LogP contribution in [0.2, 0.25) is 5.28 Å². The predicted molar refractivity (Wildman–Crippen MR) is 75.4 cm³/mol. The van der Waals surface area contributed by atoms with E-state index in [0.717, 1.165) is 10.8 Å². The van der Waals surface area contributed by atoms with Crippen molar-refractivity contribution in [1.29, 1.82) is 0 Å². The molecule has 0 radical (unpaired) electrons. The number of benzene rings is 2. The van der Waals surface area contributed by atoms with Crippen LogP contribution >= 0.6 is 11.6 Å². The Kier molecular flexibility index (Phi) is 3.35. The SMILES string of the molecule is COc1nc(Cl)nc(Oc2ccc3ccccc3c2)n1. The molecule has 0 spiro atoms. The van der Waals surface area contributed by atoms with Gasteiger partial charge in [-0.15, -0.1) is 4.98 Å². The predicted octanol–water partition coefficient (Wildman–Crippen LogP) is 3.48. The van der Waals surface area contributed by atoms with Gasteiger partial charge in [0.25, 0.3) is 0 Å². The van der Waals surface area contributed by atoms with Crippen molar-refractivity contribution in [3.63, 3.8) is 0 Å². The van der Waals surface area contributed by atoms with Crippen molar-refractivity contribution in [3.05, 3.63) is 47.7 Å². The number of halogens is 1. The van der Waals surface area contributed by atoms with E-state index in [4.69, 9.17) is 21.1 Å². The Balaban J connectivity index is 1.94. The summed E-state index contributed by atoms with van der Waals surface area (Å²) in [5.41, 5.74) is 0. The third-order valence-corrected chi connectivity index (χ3v) is 2.85. The van der Waals surface area contributed by atoms with Gasteiger partial charge in [-0.05, 0) is 34.5 Å². The molecule has 0 amide bonds. The molecule has 5 nitrogen and oxygen atoms in total. The molecule has 3 aromatic rings. The zero-order valence-corrected chi connectivity index (χ0v) is 11.3. The quantitative estimate of drug-likeness (QED) is 0.738. The molecule has 0 aliphatic heterocycles. The molecule has 0 saturated heterocycles. The van der Waals surface area contributed by atoms with Crippen LogP contribution in [0.25, 0.3) is 10.8 Å². The lowest BCUT2D eigenvalue weighted by Crippen LogP contribution is -1.98. The number of methoxy groups -OCH3 is 1. The van der Waals surface area contributed by atoms with Gasteiger partial charge in [0.05, 0.1) is 7.11 Å². The van der Waals surface area contributed by atoms with E-state index >= 15 is 0 Å². The van der Waals surface area contributed by atoms with E-state index in [1.165, 1.54) is 7.11 Å². The second-order valence-corrected chi connectivity index (χ2v) is 4.32. The van der Waals surface area contributed by atoms with Crippen molar-refractivity contribution in [2.75, 3.05) is 7.11 Å². The fraction of sp³-hybridized carbons (Fsp3) is 0.0714. The average Bonchev–Trinajstić information content (AvgIpc) is 2.46. The molecule has 20 heavy (non-hydrogen) atoms. The maximum atomic E-state index is 5.77. The van der Waals surface area contributed by atoms with Crippen LogP contribution in [-0.4, -0.2) is 22.1 Å². The summed E-state index contributed by atoms with van der Waals surface area (Å²) in [7, 11) is 1.45. The third kappa shape index (κ3) is 2.62. The summed E-state index contributed by atoms with van der Waals surface area (Å²) in [6, 6.07) is 13.9. The summed E-state index contributed by atoms with van der Waals surface area (Å²) in [5, 5.41) is 2.22. The van der Waals surface area contributed by atoms with Gasteiger partial charge in [-0.1, -0.05) is 30.3 Å². The monoisotopic (exact) mass is 287 g/mol. The number of nitrogens with zero attached hydrogens (tertiary/aromatic N) is 3. The third-order valence-electron chi connectivity index (χ3n) is 2.68. The van der Waals surface area contributed by atoms with Crippen molar-refractivity contribution in [2.24, 2.45) is 0 Å². The van der Waals surface area contributed by atoms with Gasteiger partial charge in [0.15, 0.2) is 0 Å². The molecule has 0 N–H and O–H groups in total. The first kappa shape index (κ1) is 12.6. The van der Waals surface area contributed by atoms with Gasteiger partial charge in [0.2, 0.25) is 5.28 Å². The standard InChI is InChI=1S/C14H10ClN3O2/c1-19-13-16-12(15)17-14(18-13)20-11-7-6-9-4-2-3-5-10(9)8-11/h2-8H,1H3. The van der Waals surface area contributed by atoms with E-state index < -0.39 is 0 Å². The van der Waals surface area contributed by atoms with Gasteiger partial charge < -0.3 is 9.47 Å². The van der Waals surface area contributed by atoms with Crippen LogP contribution in [0, 0.1) is 0 Å². The Morgan fingerprint density at radius 2 is 1.65 bits per heavy atom. The number of fused-ring (bicyclic) bond motifs is 1. The molecule has 2 aromatic carbocycles. The average molecular weight is 288 g/mol. The van der Waals surface area contributed by atoms with Crippen molar-refractivity contribution in [2.45, 2.75) is 0 Å². The lowest BCUT2D eigenvalue weighted by atomic mass is 10.1. The molecule has 0 unspecified atom stereocenters. The summed E-state index contributed by atoms with van der Waals surface area (Å²) >= 11 is 5.77. The Morgan fingerprint density at radius 3 is 2.45 bits per heavy atom. The topological polar surface area (TPSA) is 57.1 Å². The highest BCUT2D eigenvalue weighted by molar-refractivity contribution is 6.28. The van der Waals surface area contributed by atoms with Crippen LogP contribution in [0.5, 0.6) is 17.8 Å². The van der Waals surface area contributed by atoms with E-state index in [9.17, 15) is 0 Å². The minimum absolute atomic E-state index is 0.0210. The molecule has 0 aliphatic carbocycles. The van der Waals surface area contributed by atoms with Crippen LogP contribution in [-0.2, 0) is 0 Å². The highest BCUT2D eigenvalue weighted by atomic mass is 35.5. The van der Waals surface area contributed by atoms with Gasteiger partial charge in [-0.25, -0.2) is 0 Å². The summed E-state index contributed by atoms with van der Waals surface area (Å²) in [5.74, 6) is 0.619. The second-order valence-electron chi connectivity index (χ2n) is 3.98. The van der Waals surface area contributed by atoms with Crippen LogP contribution in [0.1, 0.15) is 0 Å². The summed E-state index contributed by atoms with van der Waals surface area (Å²) in [6.45, 7) is 0. The molecule has 0 fully saturated rings. The largest absolute Gasteiger partial charge is 0.467 e. The van der Waals surface area contributed by atoms with E-state index in [0.29, 0.717) is 5.75 Å². The van der Waals surface area contributed by atoms with Gasteiger partial charge in [-0.3, -0.25) is 0 Å². The van der Waals surface area contributed by atoms with E-state index in [2.05, 4.69) is 15.0 Å². The minimum atomic E-state index is 0.0210. The molecule has 3 rings (SSSR count). The van der Waals surface area contributed by atoms with Crippen molar-refractivity contribution < 1.29 is 9.47 Å². The summed E-state index contributed by atoms with van der Waals surface area (Å²) in [4.78, 5) is 11.7. The number of hydrogen-bond acceptors (Lipinski definition) is 5. The first-order valence-electron chi connectivity index (χ1n) is 5.87. The van der Waals surface area contributed by atoms with Gasteiger partial charge in [-0.2, -0.15) is 9.97 Å². The van der Waals surface area contributed by atoms with Crippen molar-refractivity contribution in [1.82, 2.24) is 15.0 Å². The number of rotatable bonds is 3. The number of hydrogen-bond donors (Lipinski definition) is 0. The normalized spacial score (nSPS) is 10.5. The Labute approximate surface area is 120 Å².